The van der Waals surface area contributed by atoms with Crippen molar-refractivity contribution in [3.05, 3.63) is 0 Å². The van der Waals surface area contributed by atoms with Crippen molar-refractivity contribution >= 4 is 6.09 Å². The molecule has 2 aliphatic rings. The first-order valence-electron chi connectivity index (χ1n) is 9.63. The summed E-state index contributed by atoms with van der Waals surface area (Å²) in [4.78, 5) is 16.4. The van der Waals surface area contributed by atoms with Crippen molar-refractivity contribution in [2.45, 2.75) is 53.1 Å². The molecule has 0 N–H and O–H groups in total. The van der Waals surface area contributed by atoms with Crippen LogP contribution in [0.1, 0.15) is 47.5 Å². The maximum atomic E-state index is 12.0. The minimum absolute atomic E-state index is 0.162. The molecule has 0 radical (unpaired) electrons. The second-order valence-electron chi connectivity index (χ2n) is 8.24. The van der Waals surface area contributed by atoms with Crippen molar-refractivity contribution in [1.29, 1.82) is 0 Å². The SMILES string of the molecule is CCCN(CC)CCCOCC1C2CN(C(=O)OC(C)(C)C)CC12. The summed E-state index contributed by atoms with van der Waals surface area (Å²) in [6.45, 7) is 17.0. The van der Waals surface area contributed by atoms with Gasteiger partial charge in [-0.3, -0.25) is 0 Å². The molecule has 1 aliphatic heterocycles. The number of fused-ring (bicyclic) bond motifs is 1. The second kappa shape index (κ2) is 8.52. The fourth-order valence-electron chi connectivity index (χ4n) is 3.73. The zero-order valence-electron chi connectivity index (χ0n) is 16.2. The van der Waals surface area contributed by atoms with Gasteiger partial charge in [0, 0.05) is 26.2 Å². The highest BCUT2D eigenvalue weighted by atomic mass is 16.6. The molecule has 0 aromatic carbocycles. The lowest BCUT2D eigenvalue weighted by atomic mass is 10.2. The van der Waals surface area contributed by atoms with Crippen LogP contribution >= 0.6 is 0 Å². The van der Waals surface area contributed by atoms with Gasteiger partial charge in [0.2, 0.25) is 0 Å². The van der Waals surface area contributed by atoms with Crippen LogP contribution < -0.4 is 0 Å². The molecule has 5 heteroatoms. The number of carbonyl (C=O) groups excluding carboxylic acids is 1. The Morgan fingerprint density at radius 1 is 1.17 bits per heavy atom. The molecular weight excluding hydrogens is 304 g/mol. The highest BCUT2D eigenvalue weighted by molar-refractivity contribution is 5.68. The molecule has 1 heterocycles. The number of hydrogen-bond donors (Lipinski definition) is 0. The van der Waals surface area contributed by atoms with Gasteiger partial charge in [0.25, 0.3) is 0 Å². The fourth-order valence-corrected chi connectivity index (χ4v) is 3.73. The fraction of sp³-hybridized carbons (Fsp3) is 0.947. The third kappa shape index (κ3) is 5.62. The Kier molecular flexibility index (Phi) is 6.93. The van der Waals surface area contributed by atoms with E-state index in [1.807, 2.05) is 25.7 Å². The number of rotatable bonds is 9. The summed E-state index contributed by atoms with van der Waals surface area (Å²) in [5, 5.41) is 0. The number of ether oxygens (including phenoxy) is 2. The maximum absolute atomic E-state index is 12.0. The molecule has 140 valence electrons. The van der Waals surface area contributed by atoms with Gasteiger partial charge in [0.05, 0.1) is 6.61 Å². The van der Waals surface area contributed by atoms with Crippen LogP contribution in [0.4, 0.5) is 4.79 Å². The lowest BCUT2D eigenvalue weighted by Gasteiger charge is -2.25. The van der Waals surface area contributed by atoms with E-state index < -0.39 is 5.60 Å². The van der Waals surface area contributed by atoms with Gasteiger partial charge in [0.15, 0.2) is 0 Å². The summed E-state index contributed by atoms with van der Waals surface area (Å²) in [6, 6.07) is 0. The number of hydrogen-bond acceptors (Lipinski definition) is 4. The van der Waals surface area contributed by atoms with Crippen LogP contribution in [0.25, 0.3) is 0 Å². The molecule has 24 heavy (non-hydrogen) atoms. The summed E-state index contributed by atoms with van der Waals surface area (Å²) >= 11 is 0. The quantitative estimate of drug-likeness (QED) is 0.604. The Morgan fingerprint density at radius 3 is 2.38 bits per heavy atom. The Bertz CT molecular complexity index is 396. The van der Waals surface area contributed by atoms with E-state index in [2.05, 4.69) is 18.7 Å². The lowest BCUT2D eigenvalue weighted by Crippen LogP contribution is -2.37. The molecule has 0 aromatic rings. The Labute approximate surface area is 147 Å². The third-order valence-electron chi connectivity index (χ3n) is 5.08. The van der Waals surface area contributed by atoms with E-state index in [0.29, 0.717) is 17.8 Å². The van der Waals surface area contributed by atoms with Gasteiger partial charge in [-0.05, 0) is 64.5 Å². The van der Waals surface area contributed by atoms with Gasteiger partial charge in [0.1, 0.15) is 5.60 Å². The van der Waals surface area contributed by atoms with Crippen molar-refractivity contribution in [3.63, 3.8) is 0 Å². The first-order valence-corrected chi connectivity index (χ1v) is 9.63. The van der Waals surface area contributed by atoms with Crippen LogP contribution in [-0.2, 0) is 9.47 Å². The highest BCUT2D eigenvalue weighted by Crippen LogP contribution is 2.51. The smallest absolute Gasteiger partial charge is 0.410 e. The monoisotopic (exact) mass is 340 g/mol. The number of nitrogens with zero attached hydrogens (tertiary/aromatic N) is 2. The van der Waals surface area contributed by atoms with Gasteiger partial charge >= 0.3 is 6.09 Å². The summed E-state index contributed by atoms with van der Waals surface area (Å²) in [5.41, 5.74) is -0.406. The topological polar surface area (TPSA) is 42.0 Å². The molecule has 2 rings (SSSR count). The molecule has 2 atom stereocenters. The lowest BCUT2D eigenvalue weighted by molar-refractivity contribution is 0.0248. The molecular formula is C19H36N2O3. The van der Waals surface area contributed by atoms with Crippen molar-refractivity contribution < 1.29 is 14.3 Å². The number of likely N-dealkylation sites (tertiary alicyclic amines) is 1. The maximum Gasteiger partial charge on any atom is 0.410 e. The first kappa shape index (κ1) is 19.5. The van der Waals surface area contributed by atoms with E-state index in [-0.39, 0.29) is 6.09 Å². The van der Waals surface area contributed by atoms with E-state index in [1.165, 1.54) is 13.0 Å². The van der Waals surface area contributed by atoms with Gasteiger partial charge in [-0.15, -0.1) is 0 Å². The van der Waals surface area contributed by atoms with E-state index in [9.17, 15) is 4.79 Å². The predicted molar refractivity (Wildman–Crippen MR) is 96.1 cm³/mol. The van der Waals surface area contributed by atoms with Crippen LogP contribution in [0.5, 0.6) is 0 Å². The summed E-state index contributed by atoms with van der Waals surface area (Å²) < 4.78 is 11.3. The van der Waals surface area contributed by atoms with Crippen molar-refractivity contribution in [2.75, 3.05) is 45.9 Å². The van der Waals surface area contributed by atoms with Crippen LogP contribution in [0, 0.1) is 17.8 Å². The molecule has 1 saturated carbocycles. The molecule has 0 bridgehead atoms. The largest absolute Gasteiger partial charge is 0.444 e. The predicted octanol–water partition coefficient (Wildman–Crippen LogP) is 3.24. The standard InChI is InChI=1S/C19H36N2O3/c1-6-9-20(7-2)10-8-11-23-14-17-15-12-21(13-16(15)17)18(22)24-19(3,4)5/h15-17H,6-14H2,1-5H3. The zero-order valence-corrected chi connectivity index (χ0v) is 16.2. The summed E-state index contributed by atoms with van der Waals surface area (Å²) in [5.74, 6) is 1.91. The Balaban J connectivity index is 1.54. The second-order valence-corrected chi connectivity index (χ2v) is 8.24. The highest BCUT2D eigenvalue weighted by Gasteiger charge is 2.56. The van der Waals surface area contributed by atoms with Crippen LogP contribution in [-0.4, -0.2) is 67.4 Å². The molecule has 2 fully saturated rings. The first-order chi connectivity index (χ1) is 11.4. The molecule has 2 unspecified atom stereocenters. The van der Waals surface area contributed by atoms with Crippen molar-refractivity contribution in [2.24, 2.45) is 17.8 Å². The van der Waals surface area contributed by atoms with Crippen LogP contribution in [0.2, 0.25) is 0 Å². The van der Waals surface area contributed by atoms with E-state index >= 15 is 0 Å². The van der Waals surface area contributed by atoms with Crippen LogP contribution in [0.15, 0.2) is 0 Å². The molecule has 0 aromatic heterocycles. The van der Waals surface area contributed by atoms with Gasteiger partial charge in [-0.1, -0.05) is 13.8 Å². The zero-order chi connectivity index (χ0) is 17.7. The minimum Gasteiger partial charge on any atom is -0.444 e. The van der Waals surface area contributed by atoms with Crippen LogP contribution in [0.3, 0.4) is 0 Å². The van der Waals surface area contributed by atoms with Crippen molar-refractivity contribution in [1.82, 2.24) is 9.80 Å². The van der Waals surface area contributed by atoms with Gasteiger partial charge in [-0.25, -0.2) is 4.79 Å². The number of amides is 1. The van der Waals surface area contributed by atoms with Gasteiger partial charge in [-0.2, -0.15) is 0 Å². The summed E-state index contributed by atoms with van der Waals surface area (Å²) in [7, 11) is 0. The van der Waals surface area contributed by atoms with E-state index in [4.69, 9.17) is 9.47 Å². The van der Waals surface area contributed by atoms with Crippen molar-refractivity contribution in [3.8, 4) is 0 Å². The Hall–Kier alpha value is -0.810. The normalized spacial score (nSPS) is 25.9. The molecule has 1 saturated heterocycles. The molecule has 1 aliphatic carbocycles. The Morgan fingerprint density at radius 2 is 1.83 bits per heavy atom. The molecule has 0 spiro atoms. The third-order valence-corrected chi connectivity index (χ3v) is 5.08. The molecule has 5 nitrogen and oxygen atoms in total. The van der Waals surface area contributed by atoms with E-state index in [1.54, 1.807) is 0 Å². The number of piperidine rings is 1. The molecule has 1 amide bonds. The van der Waals surface area contributed by atoms with Gasteiger partial charge < -0.3 is 19.3 Å². The summed E-state index contributed by atoms with van der Waals surface area (Å²) in [6.07, 6.45) is 2.17. The average Bonchev–Trinajstić information content (AvgIpc) is 2.93. The van der Waals surface area contributed by atoms with E-state index in [0.717, 1.165) is 45.8 Å². The minimum atomic E-state index is -0.406. The number of carbonyl (C=O) groups is 1. The average molecular weight is 341 g/mol.